The number of benzene rings is 5. The van der Waals surface area contributed by atoms with E-state index in [9.17, 15) is 31.0 Å². The van der Waals surface area contributed by atoms with Crippen molar-refractivity contribution in [3.63, 3.8) is 0 Å². The van der Waals surface area contributed by atoms with E-state index in [0.717, 1.165) is 11.8 Å². The third-order valence-corrected chi connectivity index (χ3v) is 8.79. The van der Waals surface area contributed by atoms with E-state index in [1.54, 1.807) is 64.1 Å². The van der Waals surface area contributed by atoms with Crippen LogP contribution in [0.3, 0.4) is 0 Å². The summed E-state index contributed by atoms with van der Waals surface area (Å²) < 4.78 is 72.3. The number of phenolic OH excluding ortho intramolecular Hbond substituents is 1. The second-order valence-electron chi connectivity index (χ2n) is 10.7. The predicted octanol–water partition coefficient (Wildman–Crippen LogP) is 8.16. The number of rotatable bonds is 8. The third kappa shape index (κ3) is 6.94. The van der Waals surface area contributed by atoms with Gasteiger partial charge in [0.05, 0.1) is 21.2 Å². The number of nitrogens with one attached hydrogen (secondary N) is 1. The number of aryl methyl sites for hydroxylation is 4. The number of nitrogens with zero attached hydrogens (tertiary/aromatic N) is 4. The molecule has 0 heterocycles. The summed E-state index contributed by atoms with van der Waals surface area (Å²) in [5.74, 6) is -0.528. The topological polar surface area (TPSA) is 196 Å². The van der Waals surface area contributed by atoms with Crippen molar-refractivity contribution in [1.82, 2.24) is 0 Å². The number of fused-ring (bicyclic) bond motifs is 1. The van der Waals surface area contributed by atoms with Crippen LogP contribution in [0.2, 0.25) is 0 Å². The molecule has 0 atom stereocenters. The van der Waals surface area contributed by atoms with Gasteiger partial charge in [0.2, 0.25) is 0 Å². The van der Waals surface area contributed by atoms with Crippen molar-refractivity contribution < 1.29 is 31.0 Å². The summed E-state index contributed by atoms with van der Waals surface area (Å²) in [5.41, 5.74) is 3.55. The summed E-state index contributed by atoms with van der Waals surface area (Å²) in [4.78, 5) is -1.22. The minimum absolute atomic E-state index is 0.0671. The summed E-state index contributed by atoms with van der Waals surface area (Å²) in [6.07, 6.45) is 0. The zero-order chi connectivity index (χ0) is 33.4. The lowest BCUT2D eigenvalue weighted by Gasteiger charge is -2.15. The molecule has 2 N–H and O–H groups in total. The Kier molecular flexibility index (Phi) is 8.73. The number of anilines is 2. The summed E-state index contributed by atoms with van der Waals surface area (Å²) in [6.45, 7) is 6.64. The van der Waals surface area contributed by atoms with Gasteiger partial charge < -0.3 is 19.5 Å². The molecule has 46 heavy (non-hydrogen) atoms. The fraction of sp³-hybridized carbons (Fsp3) is 0.125. The monoisotopic (exact) mass is 657 g/mol. The van der Waals surface area contributed by atoms with Gasteiger partial charge in [0.1, 0.15) is 31.6 Å². The SMILES string of the molecule is Cc1cc(C)c(N=Nc2cc(C)c(N=Nc3c(S(=O)(=O)[O-])cc4cc(Nc5ccccc5)ccc4c3O)cc2C)c(S(=O)(=O)[O-])c1. The van der Waals surface area contributed by atoms with Gasteiger partial charge in [0.15, 0.2) is 5.75 Å². The largest absolute Gasteiger partial charge is 0.744 e. The van der Waals surface area contributed by atoms with Gasteiger partial charge in [-0.2, -0.15) is 10.2 Å². The molecule has 0 spiro atoms. The quantitative estimate of drug-likeness (QED) is 0.123. The standard InChI is InChI=1S/C32H29N5O7S2/c1-18-12-21(4)30(28(13-18)45(39,40)41)36-34-26-14-20(3)27(15-19(26)2)35-37-31-29(46(42,43)44)17-22-16-24(10-11-25(22)32(31)38)33-23-8-6-5-7-9-23/h5-17,33,38H,1-4H3,(H,39,40,41)(H,42,43,44)/p-2. The van der Waals surface area contributed by atoms with Crippen molar-refractivity contribution in [3.05, 3.63) is 101 Å². The third-order valence-electron chi connectivity index (χ3n) is 7.09. The molecule has 0 aliphatic rings. The first kappa shape index (κ1) is 32.4. The highest BCUT2D eigenvalue weighted by atomic mass is 32.2. The van der Waals surface area contributed by atoms with Crippen LogP contribution in [0, 0.1) is 27.7 Å². The van der Waals surface area contributed by atoms with Crippen LogP contribution >= 0.6 is 0 Å². The number of azo groups is 2. The lowest BCUT2D eigenvalue weighted by Crippen LogP contribution is -2.00. The molecule has 12 nitrogen and oxygen atoms in total. The zero-order valence-electron chi connectivity index (χ0n) is 25.0. The van der Waals surface area contributed by atoms with Gasteiger partial charge in [-0.25, -0.2) is 16.8 Å². The minimum atomic E-state index is -5.08. The first-order valence-corrected chi connectivity index (χ1v) is 16.5. The van der Waals surface area contributed by atoms with E-state index in [-0.39, 0.29) is 16.8 Å². The van der Waals surface area contributed by atoms with E-state index in [0.29, 0.717) is 39.0 Å². The van der Waals surface area contributed by atoms with Gasteiger partial charge in [0.25, 0.3) is 0 Å². The summed E-state index contributed by atoms with van der Waals surface area (Å²) >= 11 is 0. The molecule has 5 aromatic carbocycles. The second kappa shape index (κ2) is 12.4. The second-order valence-corrected chi connectivity index (χ2v) is 13.4. The zero-order valence-corrected chi connectivity index (χ0v) is 26.6. The Morgan fingerprint density at radius 2 is 1.17 bits per heavy atom. The first-order chi connectivity index (χ1) is 21.6. The lowest BCUT2D eigenvalue weighted by atomic mass is 10.1. The number of para-hydroxylation sites is 1. The summed E-state index contributed by atoms with van der Waals surface area (Å²) in [7, 11) is -9.89. The molecule has 236 valence electrons. The summed E-state index contributed by atoms with van der Waals surface area (Å²) in [6, 6.07) is 21.4. The van der Waals surface area contributed by atoms with Crippen molar-refractivity contribution in [2.24, 2.45) is 20.5 Å². The molecule has 0 fully saturated rings. The van der Waals surface area contributed by atoms with Crippen molar-refractivity contribution >= 4 is 65.1 Å². The van der Waals surface area contributed by atoms with Crippen LogP contribution < -0.4 is 5.32 Å². The van der Waals surface area contributed by atoms with Gasteiger partial charge >= 0.3 is 0 Å². The van der Waals surface area contributed by atoms with Crippen LogP contribution in [0.5, 0.6) is 5.75 Å². The molecule has 0 aliphatic heterocycles. The number of hydrogen-bond acceptors (Lipinski definition) is 12. The molecular weight excluding hydrogens is 631 g/mol. The van der Waals surface area contributed by atoms with Gasteiger partial charge in [-0.05, 0) is 110 Å². The maximum atomic E-state index is 12.3. The Labute approximate surface area is 265 Å². The molecule has 0 bridgehead atoms. The average molecular weight is 658 g/mol. The van der Waals surface area contributed by atoms with Crippen LogP contribution in [-0.2, 0) is 20.2 Å². The lowest BCUT2D eigenvalue weighted by molar-refractivity contribution is 0.458. The Morgan fingerprint density at radius 1 is 0.609 bits per heavy atom. The maximum absolute atomic E-state index is 12.3. The van der Waals surface area contributed by atoms with E-state index >= 15 is 0 Å². The van der Waals surface area contributed by atoms with E-state index in [1.165, 1.54) is 6.07 Å². The van der Waals surface area contributed by atoms with Crippen LogP contribution in [-0.4, -0.2) is 31.0 Å². The maximum Gasteiger partial charge on any atom is 0.152 e. The van der Waals surface area contributed by atoms with Gasteiger partial charge in [0, 0.05) is 16.8 Å². The highest BCUT2D eigenvalue weighted by Gasteiger charge is 2.19. The fourth-order valence-corrected chi connectivity index (χ4v) is 6.27. The Hall–Kier alpha value is -5.02. The number of phenols is 1. The molecule has 0 aliphatic carbocycles. The van der Waals surface area contributed by atoms with Gasteiger partial charge in [-0.1, -0.05) is 24.3 Å². The average Bonchev–Trinajstić information content (AvgIpc) is 2.97. The highest BCUT2D eigenvalue weighted by Crippen LogP contribution is 2.43. The molecule has 0 radical (unpaired) electrons. The highest BCUT2D eigenvalue weighted by molar-refractivity contribution is 7.86. The van der Waals surface area contributed by atoms with Crippen LogP contribution in [0.4, 0.5) is 34.1 Å². The number of hydrogen-bond donors (Lipinski definition) is 2. The van der Waals surface area contributed by atoms with Crippen molar-refractivity contribution in [1.29, 1.82) is 0 Å². The molecule has 0 unspecified atom stereocenters. The molecule has 0 saturated heterocycles. The Balaban J connectivity index is 1.51. The molecule has 0 aromatic heterocycles. The minimum Gasteiger partial charge on any atom is -0.744 e. The molecule has 0 saturated carbocycles. The van der Waals surface area contributed by atoms with Crippen LogP contribution in [0.25, 0.3) is 10.8 Å². The van der Waals surface area contributed by atoms with E-state index in [4.69, 9.17) is 0 Å². The molecule has 5 rings (SSSR count). The van der Waals surface area contributed by atoms with E-state index in [1.807, 2.05) is 30.3 Å². The fourth-order valence-electron chi connectivity index (χ4n) is 4.85. The van der Waals surface area contributed by atoms with Crippen molar-refractivity contribution in [2.75, 3.05) is 5.32 Å². The molecule has 0 amide bonds. The molecule has 14 heteroatoms. The first-order valence-electron chi connectivity index (χ1n) is 13.7. The summed E-state index contributed by atoms with van der Waals surface area (Å²) in [5, 5.41) is 31.2. The van der Waals surface area contributed by atoms with Crippen molar-refractivity contribution in [3.8, 4) is 5.75 Å². The van der Waals surface area contributed by atoms with Crippen molar-refractivity contribution in [2.45, 2.75) is 37.5 Å². The van der Waals surface area contributed by atoms with Crippen LogP contribution in [0.1, 0.15) is 22.3 Å². The smallest absolute Gasteiger partial charge is 0.152 e. The van der Waals surface area contributed by atoms with E-state index in [2.05, 4.69) is 25.8 Å². The predicted molar refractivity (Wildman–Crippen MR) is 171 cm³/mol. The van der Waals surface area contributed by atoms with Gasteiger partial charge in [-0.15, -0.1) is 10.2 Å². The number of aromatic hydroxyl groups is 1. The Bertz CT molecular complexity index is 2290. The molecular formula is C32H27N5O7S2-2. The van der Waals surface area contributed by atoms with E-state index < -0.39 is 41.5 Å². The Morgan fingerprint density at radius 3 is 1.76 bits per heavy atom. The van der Waals surface area contributed by atoms with Crippen LogP contribution in [0.15, 0.2) is 109 Å². The van der Waals surface area contributed by atoms with Gasteiger partial charge in [-0.3, -0.25) is 0 Å². The normalized spacial score (nSPS) is 12.4. The molecule has 5 aromatic rings.